The van der Waals surface area contributed by atoms with Gasteiger partial charge >= 0.3 is 11.9 Å². The van der Waals surface area contributed by atoms with Crippen molar-refractivity contribution in [2.24, 2.45) is 0 Å². The number of carbonyl (C=O) groups is 2. The van der Waals surface area contributed by atoms with E-state index >= 15 is 0 Å². The van der Waals surface area contributed by atoms with Crippen molar-refractivity contribution in [3.8, 4) is 22.6 Å². The number of rotatable bonds is 7. The molecule has 0 bridgehead atoms. The monoisotopic (exact) mass is 364 g/mol. The van der Waals surface area contributed by atoms with Crippen molar-refractivity contribution in [3.05, 3.63) is 85.4 Å². The maximum atomic E-state index is 11.3. The average Bonchev–Trinajstić information content (AvgIpc) is 2.66. The van der Waals surface area contributed by atoms with Crippen LogP contribution >= 0.6 is 0 Å². The maximum absolute atomic E-state index is 11.3. The fraction of sp³-hybridized carbons (Fsp3) is 0.0909. The van der Waals surface area contributed by atoms with E-state index < -0.39 is 11.9 Å². The van der Waals surface area contributed by atoms with Crippen LogP contribution < -0.4 is 9.47 Å². The number of carbonyl (C=O) groups excluding carboxylic acids is 2. The molecule has 5 heteroatoms. The summed E-state index contributed by atoms with van der Waals surface area (Å²) in [7, 11) is 0. The highest BCUT2D eigenvalue weighted by Crippen LogP contribution is 2.27. The van der Waals surface area contributed by atoms with Gasteiger partial charge in [0, 0.05) is 11.6 Å². The molecule has 0 heterocycles. The summed E-state index contributed by atoms with van der Waals surface area (Å²) in [5.74, 6) is 0.0823. The van der Waals surface area contributed by atoms with Gasteiger partial charge in [0.1, 0.15) is 24.0 Å². The molecule has 0 fully saturated rings. The number of benzene rings is 2. The summed E-state index contributed by atoms with van der Waals surface area (Å²) >= 11 is 0. The first-order chi connectivity index (χ1) is 12.9. The zero-order valence-corrected chi connectivity index (χ0v) is 15.2. The molecule has 0 saturated heterocycles. The summed E-state index contributed by atoms with van der Waals surface area (Å²) < 4.78 is 15.4. The quantitative estimate of drug-likeness (QED) is 0.308. The normalized spacial score (nSPS) is 10.3. The topological polar surface area (TPSA) is 61.8 Å². The van der Waals surface area contributed by atoms with Crippen molar-refractivity contribution in [2.45, 2.75) is 13.8 Å². The van der Waals surface area contributed by atoms with Crippen LogP contribution in [-0.4, -0.2) is 11.9 Å². The average molecular weight is 364 g/mol. The largest absolute Gasteiger partial charge is 0.462 e. The van der Waals surface area contributed by atoms with Crippen LogP contribution in [-0.2, 0) is 14.3 Å². The molecule has 0 aliphatic rings. The van der Waals surface area contributed by atoms with Crippen LogP contribution in [0, 0.1) is 6.92 Å². The van der Waals surface area contributed by atoms with E-state index in [0.717, 1.165) is 22.8 Å². The first-order valence-corrected chi connectivity index (χ1v) is 8.14. The molecule has 27 heavy (non-hydrogen) atoms. The Morgan fingerprint density at radius 2 is 1.67 bits per heavy atom. The lowest BCUT2D eigenvalue weighted by Crippen LogP contribution is -2.02. The molecule has 0 aromatic heterocycles. The van der Waals surface area contributed by atoms with Crippen molar-refractivity contribution in [1.82, 2.24) is 0 Å². The molecule has 0 amide bonds. The second-order valence-corrected chi connectivity index (χ2v) is 5.71. The van der Waals surface area contributed by atoms with Crippen LogP contribution in [0.5, 0.6) is 11.5 Å². The highest BCUT2D eigenvalue weighted by Gasteiger charge is 2.05. The molecule has 0 radical (unpaired) electrons. The number of aryl methyl sites for hydroxylation is 1. The summed E-state index contributed by atoms with van der Waals surface area (Å²) in [6, 6.07) is 12.8. The molecule has 2 aromatic carbocycles. The molecule has 2 aromatic rings. The first-order valence-electron chi connectivity index (χ1n) is 8.14. The molecule has 0 aliphatic carbocycles. The van der Waals surface area contributed by atoms with Crippen LogP contribution in [0.4, 0.5) is 0 Å². The van der Waals surface area contributed by atoms with Crippen molar-refractivity contribution in [3.63, 3.8) is 0 Å². The van der Waals surface area contributed by atoms with Crippen LogP contribution in [0.15, 0.2) is 79.8 Å². The minimum atomic E-state index is -0.510. The van der Waals surface area contributed by atoms with Crippen LogP contribution in [0.25, 0.3) is 11.1 Å². The summed E-state index contributed by atoms with van der Waals surface area (Å²) in [5, 5.41) is 0. The predicted octanol–water partition coefficient (Wildman–Crippen LogP) is 4.72. The minimum absolute atomic E-state index is 0.311. The van der Waals surface area contributed by atoms with Crippen molar-refractivity contribution in [1.29, 1.82) is 0 Å². The van der Waals surface area contributed by atoms with E-state index in [2.05, 4.69) is 13.2 Å². The van der Waals surface area contributed by atoms with Crippen LogP contribution in [0.2, 0.25) is 0 Å². The summed E-state index contributed by atoms with van der Waals surface area (Å²) in [4.78, 5) is 22.5. The SMILES string of the molecule is C=CC(=O)Oc1ccc(-c2ccc(O/C=C\OC(=O)C(=C)C)c(C)c2)cc1. The molecule has 138 valence electrons. The van der Waals surface area contributed by atoms with Crippen molar-refractivity contribution >= 4 is 11.9 Å². The Morgan fingerprint density at radius 1 is 1.00 bits per heavy atom. The third kappa shape index (κ3) is 5.71. The van der Waals surface area contributed by atoms with Crippen molar-refractivity contribution < 1.29 is 23.8 Å². The third-order valence-corrected chi connectivity index (χ3v) is 3.52. The Balaban J connectivity index is 2.04. The molecule has 5 nitrogen and oxygen atoms in total. The Labute approximate surface area is 158 Å². The Kier molecular flexibility index (Phi) is 6.72. The van der Waals surface area contributed by atoms with Gasteiger partial charge in [-0.05, 0) is 54.8 Å². The van der Waals surface area contributed by atoms with Gasteiger partial charge in [-0.15, -0.1) is 0 Å². The standard InChI is InChI=1S/C22H20O5/c1-5-21(23)27-19-9-6-17(7-10-19)18-8-11-20(16(4)14-18)25-12-13-26-22(24)15(2)3/h5-14H,1-2H2,3-4H3/b13-12-. The fourth-order valence-corrected chi connectivity index (χ4v) is 2.13. The lowest BCUT2D eigenvalue weighted by atomic mass is 10.0. The number of ether oxygens (including phenoxy) is 3. The lowest BCUT2D eigenvalue weighted by Gasteiger charge is -2.09. The molecule has 0 saturated carbocycles. The lowest BCUT2D eigenvalue weighted by molar-refractivity contribution is -0.133. The highest BCUT2D eigenvalue weighted by atomic mass is 16.5. The second-order valence-electron chi connectivity index (χ2n) is 5.71. The Morgan fingerprint density at radius 3 is 2.26 bits per heavy atom. The van der Waals surface area contributed by atoms with Gasteiger partial charge < -0.3 is 14.2 Å². The number of hydrogen-bond acceptors (Lipinski definition) is 5. The zero-order chi connectivity index (χ0) is 19.8. The van der Waals surface area contributed by atoms with Gasteiger partial charge in [0.25, 0.3) is 0 Å². The van der Waals surface area contributed by atoms with Gasteiger partial charge in [-0.1, -0.05) is 31.4 Å². The molecule has 0 aliphatic heterocycles. The molecule has 0 N–H and O–H groups in total. The van der Waals surface area contributed by atoms with E-state index in [4.69, 9.17) is 14.2 Å². The second kappa shape index (κ2) is 9.20. The third-order valence-electron chi connectivity index (χ3n) is 3.52. The first kappa shape index (κ1) is 19.7. The Bertz CT molecular complexity index is 891. The molecule has 0 unspecified atom stereocenters. The van der Waals surface area contributed by atoms with E-state index in [-0.39, 0.29) is 0 Å². The predicted molar refractivity (Wildman–Crippen MR) is 103 cm³/mol. The number of esters is 2. The zero-order valence-electron chi connectivity index (χ0n) is 15.2. The highest BCUT2D eigenvalue weighted by molar-refractivity contribution is 5.87. The maximum Gasteiger partial charge on any atom is 0.338 e. The molecule has 0 spiro atoms. The summed E-state index contributed by atoms with van der Waals surface area (Å²) in [5.41, 5.74) is 3.17. The van der Waals surface area contributed by atoms with E-state index in [1.165, 1.54) is 12.5 Å². The molecule has 2 rings (SSSR count). The van der Waals surface area contributed by atoms with Gasteiger partial charge in [0.15, 0.2) is 0 Å². The molecular formula is C22H20O5. The summed E-state index contributed by atoms with van der Waals surface area (Å²) in [6.45, 7) is 10.3. The van der Waals surface area contributed by atoms with Crippen LogP contribution in [0.1, 0.15) is 12.5 Å². The van der Waals surface area contributed by atoms with Gasteiger partial charge in [0.2, 0.25) is 0 Å². The van der Waals surface area contributed by atoms with E-state index in [1.807, 2.05) is 37.3 Å². The molecule has 0 atom stereocenters. The van der Waals surface area contributed by atoms with E-state index in [1.54, 1.807) is 19.1 Å². The summed E-state index contributed by atoms with van der Waals surface area (Å²) in [6.07, 6.45) is 3.59. The fourth-order valence-electron chi connectivity index (χ4n) is 2.13. The van der Waals surface area contributed by atoms with E-state index in [0.29, 0.717) is 17.1 Å². The smallest absolute Gasteiger partial charge is 0.338 e. The van der Waals surface area contributed by atoms with Crippen LogP contribution in [0.3, 0.4) is 0 Å². The van der Waals surface area contributed by atoms with Crippen molar-refractivity contribution in [2.75, 3.05) is 0 Å². The molecular weight excluding hydrogens is 344 g/mol. The Hall–Kier alpha value is -3.60. The van der Waals surface area contributed by atoms with E-state index in [9.17, 15) is 9.59 Å². The minimum Gasteiger partial charge on any atom is -0.462 e. The van der Waals surface area contributed by atoms with Gasteiger partial charge in [0.05, 0.1) is 0 Å². The number of hydrogen-bond donors (Lipinski definition) is 0. The van der Waals surface area contributed by atoms with Gasteiger partial charge in [-0.3, -0.25) is 0 Å². The van der Waals surface area contributed by atoms with Gasteiger partial charge in [-0.2, -0.15) is 0 Å². The van der Waals surface area contributed by atoms with Gasteiger partial charge in [-0.25, -0.2) is 9.59 Å².